The molecule has 0 saturated heterocycles. The highest BCUT2D eigenvalue weighted by atomic mass is 32.1. The van der Waals surface area contributed by atoms with Gasteiger partial charge in [-0.25, -0.2) is 0 Å². The molecular formula is C13H12N2OS. The van der Waals surface area contributed by atoms with Crippen molar-refractivity contribution in [3.8, 4) is 16.3 Å². The standard InChI is InChI=1S/C13H12N2OS/c14-7-8-4-5-17-13(8)11-6-9-10(15-11)2-1-3-12(9)16/h1-6,15-16H,7,14H2. The van der Waals surface area contributed by atoms with Gasteiger partial charge in [0.15, 0.2) is 0 Å². The van der Waals surface area contributed by atoms with Gasteiger partial charge in [0.1, 0.15) is 5.75 Å². The van der Waals surface area contributed by atoms with Crippen molar-refractivity contribution in [3.63, 3.8) is 0 Å². The van der Waals surface area contributed by atoms with E-state index in [-0.39, 0.29) is 0 Å². The molecule has 0 radical (unpaired) electrons. The summed E-state index contributed by atoms with van der Waals surface area (Å²) in [4.78, 5) is 4.45. The first-order valence-corrected chi connectivity index (χ1v) is 6.25. The number of thiophene rings is 1. The minimum absolute atomic E-state index is 0.302. The Labute approximate surface area is 103 Å². The van der Waals surface area contributed by atoms with Gasteiger partial charge in [-0.1, -0.05) is 6.07 Å². The maximum absolute atomic E-state index is 9.77. The molecule has 3 aromatic rings. The predicted molar refractivity (Wildman–Crippen MR) is 71.2 cm³/mol. The van der Waals surface area contributed by atoms with Crippen LogP contribution in [-0.2, 0) is 6.54 Å². The number of benzene rings is 1. The molecule has 4 heteroatoms. The van der Waals surface area contributed by atoms with E-state index in [4.69, 9.17) is 5.73 Å². The van der Waals surface area contributed by atoms with E-state index in [0.717, 1.165) is 27.0 Å². The van der Waals surface area contributed by atoms with E-state index >= 15 is 0 Å². The maximum atomic E-state index is 9.77. The minimum Gasteiger partial charge on any atom is -0.507 e. The Bertz CT molecular complexity index is 669. The third kappa shape index (κ3) is 1.62. The molecule has 0 bridgehead atoms. The summed E-state index contributed by atoms with van der Waals surface area (Å²) >= 11 is 1.66. The van der Waals surface area contributed by atoms with E-state index in [9.17, 15) is 5.11 Å². The van der Waals surface area contributed by atoms with Crippen molar-refractivity contribution in [1.29, 1.82) is 0 Å². The summed E-state index contributed by atoms with van der Waals surface area (Å²) in [5, 5.41) is 12.6. The van der Waals surface area contributed by atoms with Crippen molar-refractivity contribution in [2.45, 2.75) is 6.54 Å². The lowest BCUT2D eigenvalue weighted by Crippen LogP contribution is -1.95. The highest BCUT2D eigenvalue weighted by Gasteiger charge is 2.10. The topological polar surface area (TPSA) is 62.0 Å². The second-order valence-electron chi connectivity index (χ2n) is 3.90. The van der Waals surface area contributed by atoms with Gasteiger partial charge in [0.2, 0.25) is 0 Å². The molecule has 0 aliphatic carbocycles. The molecule has 3 nitrogen and oxygen atoms in total. The van der Waals surface area contributed by atoms with Gasteiger partial charge in [-0.2, -0.15) is 0 Å². The lowest BCUT2D eigenvalue weighted by atomic mass is 10.2. The molecule has 2 aromatic heterocycles. The van der Waals surface area contributed by atoms with Crippen LogP contribution < -0.4 is 5.73 Å². The zero-order valence-corrected chi connectivity index (χ0v) is 9.92. The number of hydrogen-bond donors (Lipinski definition) is 3. The summed E-state index contributed by atoms with van der Waals surface area (Å²) in [6.07, 6.45) is 0. The number of phenols is 1. The number of aromatic nitrogens is 1. The zero-order valence-electron chi connectivity index (χ0n) is 9.10. The van der Waals surface area contributed by atoms with Crippen LogP contribution in [0.2, 0.25) is 0 Å². The summed E-state index contributed by atoms with van der Waals surface area (Å²) in [6, 6.07) is 9.48. The Morgan fingerprint density at radius 2 is 2.18 bits per heavy atom. The monoisotopic (exact) mass is 244 g/mol. The van der Waals surface area contributed by atoms with Crippen LogP contribution in [0, 0.1) is 0 Å². The normalized spacial score (nSPS) is 11.1. The number of aromatic hydroxyl groups is 1. The van der Waals surface area contributed by atoms with Crippen molar-refractivity contribution in [2.24, 2.45) is 5.73 Å². The minimum atomic E-state index is 0.302. The van der Waals surface area contributed by atoms with Gasteiger partial charge in [0.25, 0.3) is 0 Å². The average molecular weight is 244 g/mol. The third-order valence-corrected chi connectivity index (χ3v) is 3.84. The predicted octanol–water partition coefficient (Wildman–Crippen LogP) is 3.06. The van der Waals surface area contributed by atoms with Crippen LogP contribution in [0.3, 0.4) is 0 Å². The number of rotatable bonds is 2. The van der Waals surface area contributed by atoms with Gasteiger partial charge in [-0.05, 0) is 35.2 Å². The summed E-state index contributed by atoms with van der Waals surface area (Å²) in [5.74, 6) is 0.302. The van der Waals surface area contributed by atoms with Crippen LogP contribution in [0.15, 0.2) is 35.7 Å². The lowest BCUT2D eigenvalue weighted by Gasteiger charge is -1.97. The Balaban J connectivity index is 2.22. The van der Waals surface area contributed by atoms with Crippen molar-refractivity contribution < 1.29 is 5.11 Å². The van der Waals surface area contributed by atoms with E-state index in [1.807, 2.05) is 29.6 Å². The van der Waals surface area contributed by atoms with Gasteiger partial charge in [0.05, 0.1) is 10.6 Å². The fourth-order valence-electron chi connectivity index (χ4n) is 1.99. The smallest absolute Gasteiger partial charge is 0.124 e. The Hall–Kier alpha value is -1.78. The highest BCUT2D eigenvalue weighted by Crippen LogP contribution is 2.33. The molecule has 17 heavy (non-hydrogen) atoms. The summed E-state index contributed by atoms with van der Waals surface area (Å²) in [6.45, 7) is 0.528. The van der Waals surface area contributed by atoms with E-state index in [0.29, 0.717) is 12.3 Å². The number of nitrogens with two attached hydrogens (primary N) is 1. The molecule has 0 atom stereocenters. The first-order valence-electron chi connectivity index (χ1n) is 5.37. The van der Waals surface area contributed by atoms with Crippen molar-refractivity contribution >= 4 is 22.2 Å². The fraction of sp³-hybridized carbons (Fsp3) is 0.0769. The number of aromatic amines is 1. The second-order valence-corrected chi connectivity index (χ2v) is 4.82. The number of hydrogen-bond acceptors (Lipinski definition) is 3. The lowest BCUT2D eigenvalue weighted by molar-refractivity contribution is 0.482. The summed E-state index contributed by atoms with van der Waals surface area (Å²) < 4.78 is 0. The fourth-order valence-corrected chi connectivity index (χ4v) is 2.90. The maximum Gasteiger partial charge on any atom is 0.124 e. The van der Waals surface area contributed by atoms with E-state index in [2.05, 4.69) is 4.98 Å². The molecule has 3 rings (SSSR count). The van der Waals surface area contributed by atoms with Gasteiger partial charge >= 0.3 is 0 Å². The molecule has 0 aliphatic rings. The summed E-state index contributed by atoms with van der Waals surface area (Å²) in [5.41, 5.74) is 8.78. The molecule has 0 saturated carbocycles. The molecule has 86 valence electrons. The number of H-pyrrole nitrogens is 1. The highest BCUT2D eigenvalue weighted by molar-refractivity contribution is 7.13. The number of phenolic OH excluding ortho intramolecular Hbond substituents is 1. The molecule has 4 N–H and O–H groups in total. The van der Waals surface area contributed by atoms with Crippen LogP contribution in [0.4, 0.5) is 0 Å². The largest absolute Gasteiger partial charge is 0.507 e. The number of fused-ring (bicyclic) bond motifs is 1. The Morgan fingerprint density at radius 3 is 2.94 bits per heavy atom. The molecule has 0 aliphatic heterocycles. The van der Waals surface area contributed by atoms with Crippen LogP contribution in [0.5, 0.6) is 5.75 Å². The Morgan fingerprint density at radius 1 is 1.29 bits per heavy atom. The van der Waals surface area contributed by atoms with E-state index < -0.39 is 0 Å². The van der Waals surface area contributed by atoms with E-state index in [1.165, 1.54) is 0 Å². The van der Waals surface area contributed by atoms with Crippen LogP contribution in [0.1, 0.15) is 5.56 Å². The quantitative estimate of drug-likeness (QED) is 0.648. The molecule has 0 spiro atoms. The third-order valence-electron chi connectivity index (χ3n) is 2.85. The summed E-state index contributed by atoms with van der Waals surface area (Å²) in [7, 11) is 0. The van der Waals surface area contributed by atoms with Crippen LogP contribution in [-0.4, -0.2) is 10.1 Å². The molecule has 0 unspecified atom stereocenters. The van der Waals surface area contributed by atoms with Crippen molar-refractivity contribution in [2.75, 3.05) is 0 Å². The number of nitrogens with one attached hydrogen (secondary N) is 1. The first-order chi connectivity index (χ1) is 8.29. The SMILES string of the molecule is NCc1ccsc1-c1cc2c(O)cccc2[nH]1. The van der Waals surface area contributed by atoms with Crippen LogP contribution in [0.25, 0.3) is 21.5 Å². The Kier molecular flexibility index (Phi) is 2.39. The molecule has 1 aromatic carbocycles. The second kappa shape index (κ2) is 3.91. The molecule has 2 heterocycles. The van der Waals surface area contributed by atoms with Gasteiger partial charge < -0.3 is 15.8 Å². The van der Waals surface area contributed by atoms with Gasteiger partial charge in [-0.3, -0.25) is 0 Å². The molecular weight excluding hydrogens is 232 g/mol. The molecule has 0 amide bonds. The zero-order chi connectivity index (χ0) is 11.8. The van der Waals surface area contributed by atoms with Crippen molar-refractivity contribution in [1.82, 2.24) is 4.98 Å². The van der Waals surface area contributed by atoms with Crippen molar-refractivity contribution in [3.05, 3.63) is 41.3 Å². The molecule has 0 fully saturated rings. The van der Waals surface area contributed by atoms with E-state index in [1.54, 1.807) is 17.4 Å². The average Bonchev–Trinajstić information content (AvgIpc) is 2.94. The van der Waals surface area contributed by atoms with Gasteiger partial charge in [0, 0.05) is 17.4 Å². The van der Waals surface area contributed by atoms with Gasteiger partial charge in [-0.15, -0.1) is 11.3 Å². The van der Waals surface area contributed by atoms with Crippen LogP contribution >= 0.6 is 11.3 Å². The first kappa shape index (κ1) is 10.4.